The van der Waals surface area contributed by atoms with E-state index in [4.69, 9.17) is 29.4 Å². The van der Waals surface area contributed by atoms with Crippen LogP contribution in [0.2, 0.25) is 0 Å². The molecule has 0 saturated carbocycles. The Morgan fingerprint density at radius 3 is 1.89 bits per heavy atom. The summed E-state index contributed by atoms with van der Waals surface area (Å²) < 4.78 is 0. The number of hydrogen-bond donors (Lipinski definition) is 6. The molecule has 0 atom stereocenters. The maximum atomic E-state index is 4.88. The van der Waals surface area contributed by atoms with Crippen LogP contribution in [0.4, 0.5) is 0 Å². The molecule has 0 rings (SSSR count). The number of nitrogens with one attached hydrogen (secondary N) is 3. The molecule has 0 aromatic carbocycles. The van der Waals surface area contributed by atoms with Gasteiger partial charge in [-0.2, -0.15) is 4.99 Å². The van der Waals surface area contributed by atoms with Crippen molar-refractivity contribution in [1.82, 2.24) is 16.0 Å². The van der Waals surface area contributed by atoms with E-state index < -0.39 is 0 Å². The van der Waals surface area contributed by atoms with E-state index in [0.717, 1.165) is 6.54 Å². The lowest BCUT2D eigenvalue weighted by molar-refractivity contribution is 0.865. The van der Waals surface area contributed by atoms with Gasteiger partial charge in [0.2, 0.25) is 0 Å². The first kappa shape index (κ1) is 26.1. The highest BCUT2D eigenvalue weighted by molar-refractivity contribution is 7.80. The quantitative estimate of drug-likeness (QED) is 0.243. The maximum absolute atomic E-state index is 4.88. The molecular formula is C10H27N7S2. The Kier molecular flexibility index (Phi) is 22.5. The Hall–Kier alpha value is -1.61. The summed E-state index contributed by atoms with van der Waals surface area (Å²) in [6.07, 6.45) is 0. The molecule has 0 heterocycles. The minimum absolute atomic E-state index is 0. The van der Waals surface area contributed by atoms with Crippen molar-refractivity contribution in [3.63, 3.8) is 0 Å². The van der Waals surface area contributed by atoms with Gasteiger partial charge in [0.1, 0.15) is 0 Å². The van der Waals surface area contributed by atoms with Crippen molar-refractivity contribution in [1.29, 1.82) is 0 Å². The second-order valence-corrected chi connectivity index (χ2v) is 3.41. The highest BCUT2D eigenvalue weighted by Crippen LogP contribution is 1.73. The van der Waals surface area contributed by atoms with Crippen LogP contribution in [0.3, 0.4) is 0 Å². The zero-order valence-corrected chi connectivity index (χ0v) is 11.5. The minimum Gasteiger partial charge on any atom is -0.375 e. The van der Waals surface area contributed by atoms with E-state index in [9.17, 15) is 0 Å². The monoisotopic (exact) mass is 309 g/mol. The van der Waals surface area contributed by atoms with Gasteiger partial charge in [-0.25, -0.2) is 0 Å². The van der Waals surface area contributed by atoms with E-state index in [-0.39, 0.29) is 25.9 Å². The third kappa shape index (κ3) is 26.2. The van der Waals surface area contributed by atoms with Gasteiger partial charge in [0, 0.05) is 13.6 Å². The van der Waals surface area contributed by atoms with Crippen molar-refractivity contribution in [3.05, 3.63) is 12.4 Å². The lowest BCUT2D eigenvalue weighted by atomic mass is 10.7. The Labute approximate surface area is 127 Å². The first-order valence-corrected chi connectivity index (χ1v) is 5.45. The molecule has 0 radical (unpaired) electrons. The Morgan fingerprint density at radius 1 is 1.21 bits per heavy atom. The molecule has 19 heavy (non-hydrogen) atoms. The molecule has 0 aliphatic rings. The highest BCUT2D eigenvalue weighted by atomic mass is 32.1. The summed E-state index contributed by atoms with van der Waals surface area (Å²) in [6.45, 7) is 6.45. The van der Waals surface area contributed by atoms with E-state index in [0.29, 0.717) is 10.9 Å². The van der Waals surface area contributed by atoms with Crippen molar-refractivity contribution in [2.24, 2.45) is 22.2 Å². The molecule has 7 nitrogen and oxygen atoms in total. The highest BCUT2D eigenvalue weighted by Gasteiger charge is 1.91. The molecule has 0 saturated heterocycles. The molecule has 0 spiro atoms. The molecule has 0 fully saturated rings. The van der Waals surface area contributed by atoms with Crippen LogP contribution in [-0.2, 0) is 0 Å². The van der Waals surface area contributed by atoms with E-state index in [2.05, 4.69) is 39.7 Å². The van der Waals surface area contributed by atoms with Crippen molar-refractivity contribution in [2.45, 2.75) is 21.8 Å². The van der Waals surface area contributed by atoms with Gasteiger partial charge < -0.3 is 33.2 Å². The SMILES string of the molecule is C.C.C=C(NC)NC(=S)NCC.NC(=S)N=C(N)N. The Morgan fingerprint density at radius 2 is 1.68 bits per heavy atom. The Balaban J connectivity index is -0.000000112. The largest absolute Gasteiger partial charge is 0.375 e. The number of hydrogen-bond acceptors (Lipinski definition) is 3. The number of guanidine groups is 1. The molecule has 9 heteroatoms. The summed E-state index contributed by atoms with van der Waals surface area (Å²) in [5, 5.41) is 9.15. The normalized spacial score (nSPS) is 7.05. The fraction of sp³-hybridized carbons (Fsp3) is 0.500. The smallest absolute Gasteiger partial charge is 0.193 e. The molecule has 0 aliphatic heterocycles. The van der Waals surface area contributed by atoms with Crippen LogP contribution in [0, 0.1) is 0 Å². The van der Waals surface area contributed by atoms with Crippen molar-refractivity contribution >= 4 is 40.6 Å². The van der Waals surface area contributed by atoms with Gasteiger partial charge in [0.15, 0.2) is 16.2 Å². The van der Waals surface area contributed by atoms with Gasteiger partial charge in [-0.3, -0.25) is 0 Å². The first-order chi connectivity index (χ1) is 7.83. The third-order valence-corrected chi connectivity index (χ3v) is 1.48. The van der Waals surface area contributed by atoms with Gasteiger partial charge in [-0.05, 0) is 31.4 Å². The summed E-state index contributed by atoms with van der Waals surface area (Å²) in [6, 6.07) is 0. The fourth-order valence-corrected chi connectivity index (χ4v) is 0.904. The van der Waals surface area contributed by atoms with E-state index in [1.807, 2.05) is 6.92 Å². The predicted octanol–water partition coefficient (Wildman–Crippen LogP) is -0.0634. The summed E-state index contributed by atoms with van der Waals surface area (Å²) in [5.41, 5.74) is 14.6. The van der Waals surface area contributed by atoms with E-state index in [1.165, 1.54) is 0 Å². The molecule has 0 aromatic heterocycles. The van der Waals surface area contributed by atoms with Crippen LogP contribution in [0.1, 0.15) is 21.8 Å². The zero-order chi connectivity index (χ0) is 13.8. The fourth-order valence-electron chi connectivity index (χ4n) is 0.532. The Bertz CT molecular complexity index is 298. The minimum atomic E-state index is -0.104. The van der Waals surface area contributed by atoms with Gasteiger partial charge in [0.05, 0.1) is 5.82 Å². The number of thiocarbonyl (C=S) groups is 2. The summed E-state index contributed by atoms with van der Waals surface area (Å²) in [5.74, 6) is 0.596. The number of aliphatic imine (C=N–C) groups is 1. The second-order valence-electron chi connectivity index (χ2n) is 2.59. The number of nitrogens with zero attached hydrogens (tertiary/aromatic N) is 1. The summed E-state index contributed by atoms with van der Waals surface area (Å²) in [7, 11) is 1.78. The van der Waals surface area contributed by atoms with Crippen LogP contribution in [-0.4, -0.2) is 29.8 Å². The summed E-state index contributed by atoms with van der Waals surface area (Å²) >= 11 is 9.17. The molecular weight excluding hydrogens is 282 g/mol. The first-order valence-electron chi connectivity index (χ1n) is 4.64. The van der Waals surface area contributed by atoms with Gasteiger partial charge in [-0.1, -0.05) is 21.4 Å². The second kappa shape index (κ2) is 16.4. The number of nitrogens with two attached hydrogens (primary N) is 3. The predicted molar refractivity (Wildman–Crippen MR) is 93.7 cm³/mol. The number of rotatable bonds is 3. The maximum Gasteiger partial charge on any atom is 0.193 e. The molecule has 0 unspecified atom stereocenters. The molecule has 0 bridgehead atoms. The van der Waals surface area contributed by atoms with Gasteiger partial charge >= 0.3 is 0 Å². The van der Waals surface area contributed by atoms with Crippen LogP contribution in [0.5, 0.6) is 0 Å². The van der Waals surface area contributed by atoms with Crippen LogP contribution < -0.4 is 33.2 Å². The lowest BCUT2D eigenvalue weighted by Crippen LogP contribution is -2.37. The summed E-state index contributed by atoms with van der Waals surface area (Å²) in [4.78, 5) is 3.26. The van der Waals surface area contributed by atoms with Crippen molar-refractivity contribution in [3.8, 4) is 0 Å². The lowest BCUT2D eigenvalue weighted by Gasteiger charge is -2.09. The van der Waals surface area contributed by atoms with Gasteiger partial charge in [0.25, 0.3) is 0 Å². The van der Waals surface area contributed by atoms with Crippen LogP contribution >= 0.6 is 24.4 Å². The van der Waals surface area contributed by atoms with Crippen molar-refractivity contribution in [2.75, 3.05) is 13.6 Å². The molecule has 9 N–H and O–H groups in total. The molecule has 0 aliphatic carbocycles. The molecule has 0 aromatic rings. The van der Waals surface area contributed by atoms with Crippen LogP contribution in [0.15, 0.2) is 17.4 Å². The average molecular weight is 310 g/mol. The van der Waals surface area contributed by atoms with E-state index >= 15 is 0 Å². The standard InChI is InChI=1S/C6H13N3S.C2H6N4S.2CH4/c1-4-8-6(10)9-5(2)7-3;3-1(4)6-2(5)7;;/h7H,2,4H2,1,3H3,(H2,8,9,10);(H6,3,4,5,6,7);2*1H4. The van der Waals surface area contributed by atoms with E-state index in [1.54, 1.807) is 7.05 Å². The van der Waals surface area contributed by atoms with Crippen LogP contribution in [0.25, 0.3) is 0 Å². The van der Waals surface area contributed by atoms with Crippen molar-refractivity contribution < 1.29 is 0 Å². The van der Waals surface area contributed by atoms with Gasteiger partial charge in [-0.15, -0.1) is 0 Å². The topological polar surface area (TPSA) is 127 Å². The molecule has 0 amide bonds. The molecule has 114 valence electrons. The zero-order valence-electron chi connectivity index (χ0n) is 9.91. The average Bonchev–Trinajstić information content (AvgIpc) is 2.16. The third-order valence-electron chi connectivity index (χ3n) is 1.14.